The van der Waals surface area contributed by atoms with Gasteiger partial charge in [-0.1, -0.05) is 24.3 Å². The quantitative estimate of drug-likeness (QED) is 0.878. The molecule has 0 aliphatic carbocycles. The van der Waals surface area contributed by atoms with Crippen LogP contribution in [0.4, 0.5) is 4.39 Å². The van der Waals surface area contributed by atoms with Gasteiger partial charge in [0, 0.05) is 25.7 Å². The molecule has 2 aromatic carbocycles. The van der Waals surface area contributed by atoms with Crippen LogP contribution in [0.25, 0.3) is 0 Å². The van der Waals surface area contributed by atoms with Gasteiger partial charge in [-0.2, -0.15) is 0 Å². The van der Waals surface area contributed by atoms with E-state index in [9.17, 15) is 9.18 Å². The molecule has 0 fully saturated rings. The highest BCUT2D eigenvalue weighted by Crippen LogP contribution is 2.06. The Kier molecular flexibility index (Phi) is 4.85. The maximum Gasteiger partial charge on any atom is 0.251 e. The zero-order chi connectivity index (χ0) is 14.4. The van der Waals surface area contributed by atoms with Crippen molar-refractivity contribution in [2.75, 3.05) is 7.05 Å². The minimum Gasteiger partial charge on any atom is -0.355 e. The third kappa shape index (κ3) is 3.90. The van der Waals surface area contributed by atoms with E-state index in [1.54, 1.807) is 31.3 Å². The second-order valence-electron chi connectivity index (χ2n) is 4.51. The molecule has 104 valence electrons. The number of nitrogens with one attached hydrogen (secondary N) is 2. The van der Waals surface area contributed by atoms with Crippen LogP contribution < -0.4 is 10.6 Å². The molecule has 2 N–H and O–H groups in total. The van der Waals surface area contributed by atoms with Crippen LogP contribution in [0.3, 0.4) is 0 Å². The Labute approximate surface area is 117 Å². The summed E-state index contributed by atoms with van der Waals surface area (Å²) in [6, 6.07) is 13.9. The third-order valence-corrected chi connectivity index (χ3v) is 3.01. The van der Waals surface area contributed by atoms with E-state index in [1.807, 2.05) is 12.1 Å². The summed E-state index contributed by atoms with van der Waals surface area (Å²) < 4.78 is 12.8. The molecule has 0 aliphatic heterocycles. The van der Waals surface area contributed by atoms with Gasteiger partial charge in [-0.3, -0.25) is 4.79 Å². The predicted molar refractivity (Wildman–Crippen MR) is 76.8 cm³/mol. The Morgan fingerprint density at radius 2 is 1.45 bits per heavy atom. The number of rotatable bonds is 5. The number of amides is 1. The molecule has 4 heteroatoms. The first-order valence-electron chi connectivity index (χ1n) is 6.45. The van der Waals surface area contributed by atoms with E-state index in [1.165, 1.54) is 12.1 Å². The number of hydrogen-bond acceptors (Lipinski definition) is 2. The molecule has 0 aromatic heterocycles. The molecule has 0 saturated heterocycles. The van der Waals surface area contributed by atoms with Crippen molar-refractivity contribution < 1.29 is 9.18 Å². The molecule has 3 nitrogen and oxygen atoms in total. The minimum absolute atomic E-state index is 0.0872. The first kappa shape index (κ1) is 14.2. The Morgan fingerprint density at radius 1 is 0.950 bits per heavy atom. The van der Waals surface area contributed by atoms with Crippen LogP contribution in [-0.2, 0) is 13.1 Å². The maximum atomic E-state index is 12.8. The van der Waals surface area contributed by atoms with Crippen molar-refractivity contribution in [1.82, 2.24) is 10.6 Å². The smallest absolute Gasteiger partial charge is 0.251 e. The molecule has 0 spiro atoms. The fourth-order valence-electron chi connectivity index (χ4n) is 1.87. The second-order valence-corrected chi connectivity index (χ2v) is 4.51. The topological polar surface area (TPSA) is 41.1 Å². The van der Waals surface area contributed by atoms with Crippen molar-refractivity contribution in [3.63, 3.8) is 0 Å². The summed E-state index contributed by atoms with van der Waals surface area (Å²) in [6.07, 6.45) is 0. The van der Waals surface area contributed by atoms with E-state index >= 15 is 0 Å². The van der Waals surface area contributed by atoms with Gasteiger partial charge in [-0.05, 0) is 35.4 Å². The fraction of sp³-hybridized carbons (Fsp3) is 0.188. The molecule has 0 aliphatic rings. The number of carbonyl (C=O) groups is 1. The molecule has 20 heavy (non-hydrogen) atoms. The van der Waals surface area contributed by atoms with Gasteiger partial charge in [0.15, 0.2) is 0 Å². The Balaban J connectivity index is 1.85. The zero-order valence-electron chi connectivity index (χ0n) is 11.3. The second kappa shape index (κ2) is 6.82. The SMILES string of the molecule is CNC(=O)c1ccc(CNCc2ccc(F)cc2)cc1. The first-order chi connectivity index (χ1) is 9.69. The van der Waals surface area contributed by atoms with Crippen LogP contribution >= 0.6 is 0 Å². The fourth-order valence-corrected chi connectivity index (χ4v) is 1.87. The van der Waals surface area contributed by atoms with Gasteiger partial charge >= 0.3 is 0 Å². The highest BCUT2D eigenvalue weighted by Gasteiger charge is 2.02. The van der Waals surface area contributed by atoms with E-state index in [-0.39, 0.29) is 11.7 Å². The van der Waals surface area contributed by atoms with Gasteiger partial charge in [-0.25, -0.2) is 4.39 Å². The van der Waals surface area contributed by atoms with Crippen LogP contribution in [0.1, 0.15) is 21.5 Å². The molecule has 0 unspecified atom stereocenters. The standard InChI is InChI=1S/C16H17FN2O/c1-18-16(20)14-6-2-12(3-7-14)10-19-11-13-4-8-15(17)9-5-13/h2-9,19H,10-11H2,1H3,(H,18,20). The van der Waals surface area contributed by atoms with Crippen molar-refractivity contribution in [3.8, 4) is 0 Å². The number of carbonyl (C=O) groups excluding carboxylic acids is 1. The summed E-state index contributed by atoms with van der Waals surface area (Å²) in [5.74, 6) is -0.311. The van der Waals surface area contributed by atoms with Crippen LogP contribution in [0, 0.1) is 5.82 Å². The van der Waals surface area contributed by atoms with Crippen molar-refractivity contribution in [2.24, 2.45) is 0 Å². The molecular weight excluding hydrogens is 255 g/mol. The van der Waals surface area contributed by atoms with Crippen molar-refractivity contribution in [3.05, 3.63) is 71.0 Å². The maximum absolute atomic E-state index is 12.8. The average Bonchev–Trinajstić information content (AvgIpc) is 2.49. The molecule has 2 rings (SSSR count). The van der Waals surface area contributed by atoms with Crippen LogP contribution in [-0.4, -0.2) is 13.0 Å². The number of benzene rings is 2. The van der Waals surface area contributed by atoms with E-state index < -0.39 is 0 Å². The molecule has 0 bridgehead atoms. The van der Waals surface area contributed by atoms with Gasteiger partial charge in [0.05, 0.1) is 0 Å². The van der Waals surface area contributed by atoms with E-state index in [0.29, 0.717) is 18.7 Å². The molecular formula is C16H17FN2O. The molecule has 0 radical (unpaired) electrons. The lowest BCUT2D eigenvalue weighted by Gasteiger charge is -2.06. The van der Waals surface area contributed by atoms with Gasteiger partial charge in [0.2, 0.25) is 0 Å². The lowest BCUT2D eigenvalue weighted by molar-refractivity contribution is 0.0963. The largest absolute Gasteiger partial charge is 0.355 e. The van der Waals surface area contributed by atoms with Crippen LogP contribution in [0.5, 0.6) is 0 Å². The van der Waals surface area contributed by atoms with E-state index in [0.717, 1.165) is 11.1 Å². The summed E-state index contributed by atoms with van der Waals surface area (Å²) in [5, 5.41) is 5.86. The summed E-state index contributed by atoms with van der Waals surface area (Å²) in [7, 11) is 1.61. The van der Waals surface area contributed by atoms with E-state index in [4.69, 9.17) is 0 Å². The molecule has 0 heterocycles. The van der Waals surface area contributed by atoms with Crippen LogP contribution in [0.15, 0.2) is 48.5 Å². The predicted octanol–water partition coefficient (Wildman–Crippen LogP) is 2.48. The third-order valence-electron chi connectivity index (χ3n) is 3.01. The lowest BCUT2D eigenvalue weighted by atomic mass is 10.1. The van der Waals surface area contributed by atoms with Crippen molar-refractivity contribution in [1.29, 1.82) is 0 Å². The number of halogens is 1. The van der Waals surface area contributed by atoms with Gasteiger partial charge in [0.1, 0.15) is 5.82 Å². The number of hydrogen-bond donors (Lipinski definition) is 2. The minimum atomic E-state index is -0.224. The summed E-state index contributed by atoms with van der Waals surface area (Å²) >= 11 is 0. The zero-order valence-corrected chi connectivity index (χ0v) is 11.3. The Morgan fingerprint density at radius 3 is 1.95 bits per heavy atom. The summed E-state index contributed by atoms with van der Waals surface area (Å²) in [4.78, 5) is 11.4. The highest BCUT2D eigenvalue weighted by atomic mass is 19.1. The van der Waals surface area contributed by atoms with Gasteiger partial charge in [-0.15, -0.1) is 0 Å². The first-order valence-corrected chi connectivity index (χ1v) is 6.45. The average molecular weight is 272 g/mol. The summed E-state index contributed by atoms with van der Waals surface area (Å²) in [6.45, 7) is 1.38. The Hall–Kier alpha value is -2.20. The monoisotopic (exact) mass is 272 g/mol. The van der Waals surface area contributed by atoms with Gasteiger partial charge in [0.25, 0.3) is 5.91 Å². The van der Waals surface area contributed by atoms with Gasteiger partial charge < -0.3 is 10.6 Å². The molecule has 2 aromatic rings. The lowest BCUT2D eigenvalue weighted by Crippen LogP contribution is -2.18. The highest BCUT2D eigenvalue weighted by molar-refractivity contribution is 5.93. The summed E-state index contributed by atoms with van der Waals surface area (Å²) in [5.41, 5.74) is 2.78. The van der Waals surface area contributed by atoms with Crippen LogP contribution in [0.2, 0.25) is 0 Å². The molecule has 0 atom stereocenters. The molecule has 0 saturated carbocycles. The van der Waals surface area contributed by atoms with E-state index in [2.05, 4.69) is 10.6 Å². The normalized spacial score (nSPS) is 10.3. The van der Waals surface area contributed by atoms with Crippen molar-refractivity contribution >= 4 is 5.91 Å². The van der Waals surface area contributed by atoms with Crippen molar-refractivity contribution in [2.45, 2.75) is 13.1 Å². The molecule has 1 amide bonds. The Bertz CT molecular complexity index is 564.